The van der Waals surface area contributed by atoms with Gasteiger partial charge >= 0.3 is 5.97 Å². The standard InChI is InChI=1S/C12H14O2/c1-10(14-11(2)13)8-9-12-6-4-3-5-7-12/h3-8H,9H2,1-2H3/b10-8+. The van der Waals surface area contributed by atoms with Gasteiger partial charge in [-0.25, -0.2) is 0 Å². The van der Waals surface area contributed by atoms with E-state index >= 15 is 0 Å². The van der Waals surface area contributed by atoms with E-state index in [4.69, 9.17) is 4.74 Å². The number of esters is 1. The van der Waals surface area contributed by atoms with Gasteiger partial charge < -0.3 is 4.74 Å². The molecule has 0 aromatic heterocycles. The van der Waals surface area contributed by atoms with Crippen LogP contribution in [-0.4, -0.2) is 5.97 Å². The van der Waals surface area contributed by atoms with E-state index in [0.29, 0.717) is 5.76 Å². The Kier molecular flexibility index (Phi) is 3.92. The van der Waals surface area contributed by atoms with Gasteiger partial charge in [0.1, 0.15) is 5.76 Å². The van der Waals surface area contributed by atoms with Gasteiger partial charge in [-0.3, -0.25) is 4.79 Å². The van der Waals surface area contributed by atoms with Crippen molar-refractivity contribution in [2.45, 2.75) is 20.3 Å². The zero-order valence-corrected chi connectivity index (χ0v) is 8.49. The van der Waals surface area contributed by atoms with Crippen LogP contribution in [0.1, 0.15) is 19.4 Å². The molecule has 0 amide bonds. The van der Waals surface area contributed by atoms with Crippen LogP contribution in [0.4, 0.5) is 0 Å². The molecule has 0 atom stereocenters. The molecule has 0 saturated carbocycles. The molecular formula is C12H14O2. The fourth-order valence-corrected chi connectivity index (χ4v) is 1.14. The molecule has 0 spiro atoms. The first-order valence-electron chi connectivity index (χ1n) is 4.57. The summed E-state index contributed by atoms with van der Waals surface area (Å²) in [4.78, 5) is 10.6. The van der Waals surface area contributed by atoms with Gasteiger partial charge in [-0.15, -0.1) is 0 Å². The Labute approximate surface area is 84.2 Å². The minimum absolute atomic E-state index is 0.271. The predicted molar refractivity (Wildman–Crippen MR) is 55.7 cm³/mol. The molecule has 0 saturated heterocycles. The molecule has 1 aromatic carbocycles. The van der Waals surface area contributed by atoms with Gasteiger partial charge in [0, 0.05) is 6.92 Å². The van der Waals surface area contributed by atoms with Crippen molar-refractivity contribution < 1.29 is 9.53 Å². The minimum atomic E-state index is -0.271. The second-order valence-corrected chi connectivity index (χ2v) is 3.10. The molecule has 0 aliphatic carbocycles. The fourth-order valence-electron chi connectivity index (χ4n) is 1.14. The maximum Gasteiger partial charge on any atom is 0.307 e. The van der Waals surface area contributed by atoms with Crippen molar-refractivity contribution >= 4 is 5.97 Å². The molecule has 0 unspecified atom stereocenters. The largest absolute Gasteiger partial charge is 0.432 e. The first-order chi connectivity index (χ1) is 6.68. The smallest absolute Gasteiger partial charge is 0.307 e. The van der Waals surface area contributed by atoms with Gasteiger partial charge in [-0.2, -0.15) is 0 Å². The van der Waals surface area contributed by atoms with E-state index in [9.17, 15) is 4.79 Å². The highest BCUT2D eigenvalue weighted by molar-refractivity contribution is 5.67. The van der Waals surface area contributed by atoms with Crippen LogP contribution in [0, 0.1) is 0 Å². The maximum absolute atomic E-state index is 10.6. The lowest BCUT2D eigenvalue weighted by molar-refractivity contribution is -0.136. The zero-order valence-electron chi connectivity index (χ0n) is 8.49. The summed E-state index contributed by atoms with van der Waals surface area (Å²) in [6.45, 7) is 3.18. The molecule has 1 rings (SSSR count). The molecule has 0 aliphatic heterocycles. The van der Waals surface area contributed by atoms with Gasteiger partial charge in [0.15, 0.2) is 0 Å². The molecule has 0 aliphatic rings. The first-order valence-corrected chi connectivity index (χ1v) is 4.57. The van der Waals surface area contributed by atoms with E-state index < -0.39 is 0 Å². The van der Waals surface area contributed by atoms with Crippen LogP contribution in [0.15, 0.2) is 42.2 Å². The first kappa shape index (κ1) is 10.5. The number of hydrogen-bond donors (Lipinski definition) is 0. The Hall–Kier alpha value is -1.57. The van der Waals surface area contributed by atoms with Crippen molar-refractivity contribution in [3.05, 3.63) is 47.7 Å². The summed E-state index contributed by atoms with van der Waals surface area (Å²) in [6, 6.07) is 10.0. The quantitative estimate of drug-likeness (QED) is 0.541. The molecule has 2 nitrogen and oxygen atoms in total. The zero-order chi connectivity index (χ0) is 10.4. The number of hydrogen-bond acceptors (Lipinski definition) is 2. The normalized spacial score (nSPS) is 11.1. The van der Waals surface area contributed by atoms with Crippen molar-refractivity contribution in [1.82, 2.24) is 0 Å². The van der Waals surface area contributed by atoms with E-state index in [1.807, 2.05) is 36.4 Å². The third-order valence-electron chi connectivity index (χ3n) is 1.77. The van der Waals surface area contributed by atoms with E-state index in [1.54, 1.807) is 6.92 Å². The monoisotopic (exact) mass is 190 g/mol. The van der Waals surface area contributed by atoms with Crippen LogP contribution in [0.3, 0.4) is 0 Å². The molecular weight excluding hydrogens is 176 g/mol. The van der Waals surface area contributed by atoms with Gasteiger partial charge in [-0.05, 0) is 25.0 Å². The molecule has 0 bridgehead atoms. The summed E-state index contributed by atoms with van der Waals surface area (Å²) in [5.74, 6) is 0.383. The highest BCUT2D eigenvalue weighted by atomic mass is 16.5. The summed E-state index contributed by atoms with van der Waals surface area (Å²) in [5.41, 5.74) is 1.21. The van der Waals surface area contributed by atoms with Gasteiger partial charge in [0.2, 0.25) is 0 Å². The van der Waals surface area contributed by atoms with Crippen LogP contribution in [-0.2, 0) is 16.0 Å². The van der Waals surface area contributed by atoms with Crippen molar-refractivity contribution in [2.24, 2.45) is 0 Å². The molecule has 2 heteroatoms. The Balaban J connectivity index is 2.51. The number of rotatable bonds is 3. The number of ether oxygens (including phenoxy) is 1. The Morgan fingerprint density at radius 3 is 2.50 bits per heavy atom. The van der Waals surface area contributed by atoms with E-state index in [0.717, 1.165) is 6.42 Å². The summed E-state index contributed by atoms with van der Waals surface area (Å²) in [7, 11) is 0. The predicted octanol–water partition coefficient (Wildman–Crippen LogP) is 2.70. The highest BCUT2D eigenvalue weighted by Crippen LogP contribution is 2.03. The number of carbonyl (C=O) groups is 1. The topological polar surface area (TPSA) is 26.3 Å². The van der Waals surface area contributed by atoms with Crippen molar-refractivity contribution in [3.8, 4) is 0 Å². The summed E-state index contributed by atoms with van der Waals surface area (Å²) in [6.07, 6.45) is 2.69. The molecule has 1 aromatic rings. The average Bonchev–Trinajstić information content (AvgIpc) is 2.15. The lowest BCUT2D eigenvalue weighted by atomic mass is 10.1. The van der Waals surface area contributed by atoms with Crippen LogP contribution in [0.25, 0.3) is 0 Å². The SMILES string of the molecule is CC(=O)O/C(C)=C/Cc1ccccc1. The number of allylic oxidation sites excluding steroid dienone is 2. The molecule has 0 heterocycles. The van der Waals surface area contributed by atoms with Gasteiger partial charge in [0.25, 0.3) is 0 Å². The second-order valence-electron chi connectivity index (χ2n) is 3.10. The van der Waals surface area contributed by atoms with Crippen molar-refractivity contribution in [1.29, 1.82) is 0 Å². The maximum atomic E-state index is 10.6. The van der Waals surface area contributed by atoms with E-state index in [-0.39, 0.29) is 5.97 Å². The molecule has 0 N–H and O–H groups in total. The fraction of sp³-hybridized carbons (Fsp3) is 0.250. The third-order valence-corrected chi connectivity index (χ3v) is 1.77. The number of carbonyl (C=O) groups excluding carboxylic acids is 1. The summed E-state index contributed by atoms with van der Waals surface area (Å²) < 4.78 is 4.89. The lowest BCUT2D eigenvalue weighted by Gasteiger charge is -2.00. The van der Waals surface area contributed by atoms with Crippen LogP contribution in [0.2, 0.25) is 0 Å². The molecule has 0 fully saturated rings. The average molecular weight is 190 g/mol. The number of benzene rings is 1. The van der Waals surface area contributed by atoms with Crippen LogP contribution < -0.4 is 0 Å². The summed E-state index contributed by atoms with van der Waals surface area (Å²) in [5, 5.41) is 0. The Morgan fingerprint density at radius 2 is 1.93 bits per heavy atom. The van der Waals surface area contributed by atoms with Crippen LogP contribution in [0.5, 0.6) is 0 Å². The van der Waals surface area contributed by atoms with Gasteiger partial charge in [0.05, 0.1) is 0 Å². The Morgan fingerprint density at radius 1 is 1.29 bits per heavy atom. The van der Waals surface area contributed by atoms with E-state index in [1.165, 1.54) is 12.5 Å². The molecule has 14 heavy (non-hydrogen) atoms. The lowest BCUT2D eigenvalue weighted by Crippen LogP contribution is -1.96. The summed E-state index contributed by atoms with van der Waals surface area (Å²) >= 11 is 0. The van der Waals surface area contributed by atoms with E-state index in [2.05, 4.69) is 0 Å². The Bertz CT molecular complexity index is 325. The second kappa shape index (κ2) is 5.22. The van der Waals surface area contributed by atoms with Crippen molar-refractivity contribution in [3.63, 3.8) is 0 Å². The molecule has 0 radical (unpaired) electrons. The highest BCUT2D eigenvalue weighted by Gasteiger charge is 1.94. The third kappa shape index (κ3) is 3.90. The van der Waals surface area contributed by atoms with Crippen molar-refractivity contribution in [2.75, 3.05) is 0 Å². The molecule has 74 valence electrons. The minimum Gasteiger partial charge on any atom is -0.432 e. The van der Waals surface area contributed by atoms with Crippen LogP contribution >= 0.6 is 0 Å². The van der Waals surface area contributed by atoms with Gasteiger partial charge in [-0.1, -0.05) is 30.3 Å².